The first kappa shape index (κ1) is 52.6. The Bertz CT molecular complexity index is 2230. The summed E-state index contributed by atoms with van der Waals surface area (Å²) in [6.07, 6.45) is 6.13. The Labute approximate surface area is 409 Å². The molecule has 2 heterocycles. The van der Waals surface area contributed by atoms with Crippen molar-refractivity contribution in [3.63, 3.8) is 0 Å². The molecular formula is C55H76N6O8. The molecule has 3 unspecified atom stereocenters. The summed E-state index contributed by atoms with van der Waals surface area (Å²) in [6.45, 7) is 18.0. The fourth-order valence-electron chi connectivity index (χ4n) is 10.4. The molecule has 0 aromatic heterocycles. The fourth-order valence-corrected chi connectivity index (χ4v) is 10.4. The van der Waals surface area contributed by atoms with Gasteiger partial charge < -0.3 is 40.8 Å². The highest BCUT2D eigenvalue weighted by atomic mass is 16.6. The second-order valence-electron chi connectivity index (χ2n) is 21.8. The number of nitrogens with one attached hydrogen (secondary N) is 4. The Balaban J connectivity index is 1.14. The third-order valence-corrected chi connectivity index (χ3v) is 13.4. The molecule has 2 saturated heterocycles. The van der Waals surface area contributed by atoms with E-state index < -0.39 is 58.8 Å². The molecule has 2 aliphatic heterocycles. The molecule has 4 atom stereocenters. The normalized spacial score (nSPS) is 19.3. The van der Waals surface area contributed by atoms with E-state index in [0.29, 0.717) is 51.5 Å². The molecule has 0 saturated carbocycles. The number of carbonyl (C=O) groups excluding carboxylic acids is 5. The maximum atomic E-state index is 14.7. The minimum absolute atomic E-state index is 0.0891. The molecule has 2 fully saturated rings. The number of hydrogen-bond acceptors (Lipinski definition) is 9. The van der Waals surface area contributed by atoms with Crippen molar-refractivity contribution < 1.29 is 38.7 Å². The molecule has 0 bridgehead atoms. The highest BCUT2D eigenvalue weighted by Crippen LogP contribution is 2.44. The van der Waals surface area contributed by atoms with Gasteiger partial charge in [-0.25, -0.2) is 9.59 Å². The molecule has 3 aliphatic rings. The smallest absolute Gasteiger partial charge is 0.408 e. The van der Waals surface area contributed by atoms with E-state index in [4.69, 9.17) is 9.47 Å². The van der Waals surface area contributed by atoms with Gasteiger partial charge in [0, 0.05) is 36.1 Å². The van der Waals surface area contributed by atoms with Crippen LogP contribution in [0.2, 0.25) is 0 Å². The maximum absolute atomic E-state index is 14.7. The van der Waals surface area contributed by atoms with Crippen LogP contribution in [0.25, 0.3) is 11.1 Å². The quantitative estimate of drug-likeness (QED) is 0.0617. The highest BCUT2D eigenvalue weighted by molar-refractivity contribution is 5.93. The van der Waals surface area contributed by atoms with Crippen LogP contribution in [0.3, 0.4) is 0 Å². The number of benzene rings is 3. The summed E-state index contributed by atoms with van der Waals surface area (Å²) >= 11 is 0. The molecule has 14 heteroatoms. The molecule has 3 aromatic carbocycles. The van der Waals surface area contributed by atoms with Crippen LogP contribution in [0.4, 0.5) is 9.59 Å². The molecule has 0 radical (unpaired) electrons. The van der Waals surface area contributed by atoms with Crippen molar-refractivity contribution in [2.75, 3.05) is 19.7 Å². The number of piperidine rings is 1. The minimum atomic E-state index is -0.978. The zero-order chi connectivity index (χ0) is 50.1. The van der Waals surface area contributed by atoms with E-state index in [2.05, 4.69) is 59.4 Å². The van der Waals surface area contributed by atoms with Gasteiger partial charge in [-0.3, -0.25) is 14.4 Å². The summed E-state index contributed by atoms with van der Waals surface area (Å²) in [7, 11) is 0. The number of likely N-dealkylation sites (tertiary alicyclic amines) is 1. The van der Waals surface area contributed by atoms with Crippen LogP contribution in [-0.4, -0.2) is 106 Å². The Hall–Kier alpha value is -5.73. The SMILES string of the molecule is CC(C)CC(/C=C/C(Cc1ccccc1)C(=O)N1CCC[C@H]1C(=O)NC(CCCNC(=O)OCC1c2ccccc2-c2ccccc21)C(=O)NC1CC(C)(C)N(O)C(C)(C)C1)NC(=O)OC(C)(C)C. The van der Waals surface area contributed by atoms with Crippen molar-refractivity contribution in [1.29, 1.82) is 0 Å². The zero-order valence-corrected chi connectivity index (χ0v) is 42.2. The number of hydroxylamine groups is 2. The van der Waals surface area contributed by atoms with Crippen molar-refractivity contribution >= 4 is 29.9 Å². The predicted molar refractivity (Wildman–Crippen MR) is 267 cm³/mol. The lowest BCUT2D eigenvalue weighted by molar-refractivity contribution is -0.246. The monoisotopic (exact) mass is 949 g/mol. The van der Waals surface area contributed by atoms with E-state index in [1.807, 2.05) is 94.4 Å². The van der Waals surface area contributed by atoms with Crippen molar-refractivity contribution in [3.05, 3.63) is 108 Å². The van der Waals surface area contributed by atoms with E-state index in [9.17, 15) is 29.2 Å². The zero-order valence-electron chi connectivity index (χ0n) is 42.2. The van der Waals surface area contributed by atoms with Crippen LogP contribution < -0.4 is 21.3 Å². The van der Waals surface area contributed by atoms with Gasteiger partial charge in [-0.05, 0) is 134 Å². The highest BCUT2D eigenvalue weighted by Gasteiger charge is 2.46. The van der Waals surface area contributed by atoms with Gasteiger partial charge in [-0.2, -0.15) is 5.06 Å². The summed E-state index contributed by atoms with van der Waals surface area (Å²) in [5.41, 5.74) is 3.52. The molecule has 5 amide bonds. The first-order valence-corrected chi connectivity index (χ1v) is 24.8. The minimum Gasteiger partial charge on any atom is -0.449 e. The second-order valence-corrected chi connectivity index (χ2v) is 21.8. The van der Waals surface area contributed by atoms with Crippen LogP contribution in [0, 0.1) is 11.8 Å². The van der Waals surface area contributed by atoms with Crippen LogP contribution in [0.15, 0.2) is 91.0 Å². The largest absolute Gasteiger partial charge is 0.449 e. The number of amides is 5. The van der Waals surface area contributed by atoms with Crippen molar-refractivity contribution in [2.45, 2.75) is 160 Å². The van der Waals surface area contributed by atoms with E-state index in [0.717, 1.165) is 27.8 Å². The standard InChI is InChI=1S/C55H76N6O8/c1-36(2)31-39(58-52(66)69-53(3,4)5)28-27-38(32-37-19-11-10-12-20-37)50(64)60-30-18-26-47(60)49(63)59-46(48(62)57-40-33-54(6,7)61(67)55(8,9)34-40)25-17-29-56-51(65)68-35-45-43-23-15-13-21-41(43)42-22-14-16-24-44(42)45/h10-16,19-24,27-28,36,38-40,45-47,67H,17-18,25-26,29-35H2,1-9H3,(H,56,65)(H,57,62)(H,58,66)(H,59,63)/b28-27+/t38?,39?,46?,47-/m0/s1. The van der Waals surface area contributed by atoms with Gasteiger partial charge in [0.2, 0.25) is 17.7 Å². The Kier molecular flexibility index (Phi) is 17.4. The van der Waals surface area contributed by atoms with Crippen molar-refractivity contribution in [3.8, 4) is 11.1 Å². The average molecular weight is 949 g/mol. The number of hydrogen-bond donors (Lipinski definition) is 5. The lowest BCUT2D eigenvalue weighted by Gasteiger charge is -2.51. The van der Waals surface area contributed by atoms with E-state index in [1.165, 1.54) is 5.06 Å². The lowest BCUT2D eigenvalue weighted by Crippen LogP contribution is -2.64. The first-order chi connectivity index (χ1) is 32.6. The average Bonchev–Trinajstić information content (AvgIpc) is 3.90. The Morgan fingerprint density at radius 1 is 0.826 bits per heavy atom. The number of fused-ring (bicyclic) bond motifs is 3. The number of alkyl carbamates (subject to hydrolysis) is 2. The second kappa shape index (κ2) is 22.8. The summed E-state index contributed by atoms with van der Waals surface area (Å²) in [5.74, 6) is -1.53. The molecule has 6 rings (SSSR count). The topological polar surface area (TPSA) is 179 Å². The van der Waals surface area contributed by atoms with Gasteiger partial charge >= 0.3 is 12.2 Å². The van der Waals surface area contributed by atoms with Crippen molar-refractivity contribution in [1.82, 2.24) is 31.2 Å². The van der Waals surface area contributed by atoms with Crippen LogP contribution >= 0.6 is 0 Å². The van der Waals surface area contributed by atoms with Gasteiger partial charge in [-0.15, -0.1) is 0 Å². The van der Waals surface area contributed by atoms with E-state index in [1.54, 1.807) is 25.7 Å². The number of rotatable bonds is 18. The van der Waals surface area contributed by atoms with Gasteiger partial charge in [0.1, 0.15) is 24.3 Å². The van der Waals surface area contributed by atoms with Crippen LogP contribution in [0.5, 0.6) is 0 Å². The third kappa shape index (κ3) is 14.2. The number of ether oxygens (including phenoxy) is 2. The molecular weight excluding hydrogens is 873 g/mol. The van der Waals surface area contributed by atoms with Crippen LogP contribution in [0.1, 0.15) is 130 Å². The predicted octanol–water partition coefficient (Wildman–Crippen LogP) is 8.66. The Morgan fingerprint density at radius 3 is 2.04 bits per heavy atom. The summed E-state index contributed by atoms with van der Waals surface area (Å²) in [4.78, 5) is 71.0. The van der Waals surface area contributed by atoms with Crippen molar-refractivity contribution in [2.24, 2.45) is 11.8 Å². The molecule has 14 nitrogen and oxygen atoms in total. The molecule has 3 aromatic rings. The van der Waals surface area contributed by atoms with E-state index in [-0.39, 0.29) is 49.3 Å². The summed E-state index contributed by atoms with van der Waals surface area (Å²) < 4.78 is 11.3. The first-order valence-electron chi connectivity index (χ1n) is 24.8. The van der Waals surface area contributed by atoms with Crippen LogP contribution in [-0.2, 0) is 30.3 Å². The van der Waals surface area contributed by atoms with Gasteiger partial charge in [0.05, 0.1) is 12.0 Å². The lowest BCUT2D eigenvalue weighted by atomic mass is 9.79. The summed E-state index contributed by atoms with van der Waals surface area (Å²) in [6, 6.07) is 23.5. The number of carbonyl (C=O) groups is 5. The van der Waals surface area contributed by atoms with Gasteiger partial charge in [0.15, 0.2) is 0 Å². The maximum Gasteiger partial charge on any atom is 0.408 e. The molecule has 1 aliphatic carbocycles. The van der Waals surface area contributed by atoms with E-state index >= 15 is 0 Å². The fraction of sp³-hybridized carbons (Fsp3) is 0.545. The Morgan fingerprint density at radius 2 is 1.43 bits per heavy atom. The van der Waals surface area contributed by atoms with Gasteiger partial charge in [-0.1, -0.05) is 105 Å². The number of nitrogens with zero attached hydrogens (tertiary/aromatic N) is 2. The molecule has 5 N–H and O–H groups in total. The third-order valence-electron chi connectivity index (χ3n) is 13.4. The molecule has 0 spiro atoms. The molecule has 374 valence electrons. The molecule has 69 heavy (non-hydrogen) atoms. The summed E-state index contributed by atoms with van der Waals surface area (Å²) in [5, 5.41) is 24.3. The van der Waals surface area contributed by atoms with Gasteiger partial charge in [0.25, 0.3) is 0 Å².